The zero-order valence-corrected chi connectivity index (χ0v) is 19.7. The van der Waals surface area contributed by atoms with Gasteiger partial charge in [0.25, 0.3) is 0 Å². The van der Waals surface area contributed by atoms with Gasteiger partial charge in [-0.15, -0.1) is 11.3 Å². The van der Waals surface area contributed by atoms with Crippen LogP contribution in [0, 0.1) is 0 Å². The Morgan fingerprint density at radius 2 is 2.09 bits per heavy atom. The second-order valence-corrected chi connectivity index (χ2v) is 10.1. The lowest BCUT2D eigenvalue weighted by Crippen LogP contribution is -2.48. The highest BCUT2D eigenvalue weighted by molar-refractivity contribution is 7.89. The van der Waals surface area contributed by atoms with Crippen molar-refractivity contribution in [3.05, 3.63) is 41.9 Å². The number of rotatable bonds is 7. The van der Waals surface area contributed by atoms with E-state index in [-0.39, 0.29) is 23.5 Å². The number of carbonyl (C=O) groups excluding carboxylic acids is 1. The SMILES string of the molecule is CC(C)Oc1ccc(S(N)(=O)=O)cc1Nc1nc(-c2ccc(N3CCNC(=O)C3)nc2)cs1. The van der Waals surface area contributed by atoms with Gasteiger partial charge < -0.3 is 20.3 Å². The molecular weight excluding hydrogens is 464 g/mol. The number of benzene rings is 1. The van der Waals surface area contributed by atoms with E-state index in [1.165, 1.54) is 23.5 Å². The van der Waals surface area contributed by atoms with Crippen LogP contribution in [0.5, 0.6) is 5.75 Å². The summed E-state index contributed by atoms with van der Waals surface area (Å²) in [5.74, 6) is 1.21. The monoisotopic (exact) mass is 488 g/mol. The molecule has 1 saturated heterocycles. The van der Waals surface area contributed by atoms with Crippen LogP contribution in [0.2, 0.25) is 0 Å². The Kier molecular flexibility index (Phi) is 6.49. The number of piperazine rings is 1. The molecule has 0 spiro atoms. The summed E-state index contributed by atoms with van der Waals surface area (Å²) < 4.78 is 29.4. The van der Waals surface area contributed by atoms with E-state index < -0.39 is 10.0 Å². The summed E-state index contributed by atoms with van der Waals surface area (Å²) in [6.07, 6.45) is 1.61. The number of nitrogens with zero attached hydrogens (tertiary/aromatic N) is 3. The van der Waals surface area contributed by atoms with Gasteiger partial charge in [0.15, 0.2) is 5.13 Å². The van der Waals surface area contributed by atoms with Crippen molar-refractivity contribution < 1.29 is 17.9 Å². The first-order valence-corrected chi connectivity index (χ1v) is 12.7. The Balaban J connectivity index is 1.54. The van der Waals surface area contributed by atoms with Crippen LogP contribution in [0.1, 0.15) is 13.8 Å². The molecule has 2 aromatic heterocycles. The number of amides is 1. The van der Waals surface area contributed by atoms with Gasteiger partial charge in [-0.3, -0.25) is 4.79 Å². The second kappa shape index (κ2) is 9.33. The molecule has 1 aliphatic heterocycles. The molecule has 3 heterocycles. The first-order valence-electron chi connectivity index (χ1n) is 10.2. The third-order valence-electron chi connectivity index (χ3n) is 4.79. The van der Waals surface area contributed by atoms with Gasteiger partial charge in [-0.25, -0.2) is 23.5 Å². The van der Waals surface area contributed by atoms with Crippen molar-refractivity contribution in [2.75, 3.05) is 29.9 Å². The molecule has 1 amide bonds. The van der Waals surface area contributed by atoms with Crippen LogP contribution in [0.4, 0.5) is 16.6 Å². The molecule has 4 N–H and O–H groups in total. The summed E-state index contributed by atoms with van der Waals surface area (Å²) in [4.78, 5) is 22.6. The molecule has 1 aromatic carbocycles. The van der Waals surface area contributed by atoms with Crippen LogP contribution < -0.4 is 25.4 Å². The number of hydrogen-bond donors (Lipinski definition) is 3. The first kappa shape index (κ1) is 23.0. The molecule has 33 heavy (non-hydrogen) atoms. The number of anilines is 3. The number of primary sulfonamides is 1. The highest BCUT2D eigenvalue weighted by Gasteiger charge is 2.18. The number of aromatic nitrogens is 2. The molecular formula is C21H24N6O4S2. The van der Waals surface area contributed by atoms with Gasteiger partial charge in [0.05, 0.1) is 28.9 Å². The third kappa shape index (κ3) is 5.59. The normalized spacial score (nSPS) is 14.3. The second-order valence-electron chi connectivity index (χ2n) is 7.71. The zero-order valence-electron chi connectivity index (χ0n) is 18.1. The van der Waals surface area contributed by atoms with Crippen molar-refractivity contribution >= 4 is 43.9 Å². The van der Waals surface area contributed by atoms with Gasteiger partial charge in [-0.1, -0.05) is 0 Å². The van der Waals surface area contributed by atoms with Crippen LogP contribution in [0.25, 0.3) is 11.3 Å². The molecule has 0 atom stereocenters. The summed E-state index contributed by atoms with van der Waals surface area (Å²) in [6.45, 7) is 5.35. The lowest BCUT2D eigenvalue weighted by atomic mass is 10.2. The maximum atomic E-state index is 11.8. The van der Waals surface area contributed by atoms with E-state index in [9.17, 15) is 13.2 Å². The number of carbonyl (C=O) groups is 1. The molecule has 0 radical (unpaired) electrons. The molecule has 0 aliphatic carbocycles. The minimum Gasteiger partial charge on any atom is -0.489 e. The molecule has 0 unspecified atom stereocenters. The minimum atomic E-state index is -3.87. The third-order valence-corrected chi connectivity index (χ3v) is 6.46. The standard InChI is InChI=1S/C21H24N6O4S2/c1-13(2)31-18-5-4-15(33(22,29)30)9-16(18)25-21-26-17(12-32-21)14-3-6-19(24-10-14)27-8-7-23-20(28)11-27/h3-6,9-10,12-13H,7-8,11H2,1-2H3,(H,23,28)(H,25,26)(H2,22,29,30). The number of nitrogens with one attached hydrogen (secondary N) is 2. The van der Waals surface area contributed by atoms with Gasteiger partial charge in [-0.2, -0.15) is 0 Å². The van der Waals surface area contributed by atoms with Crippen molar-refractivity contribution in [1.82, 2.24) is 15.3 Å². The van der Waals surface area contributed by atoms with Crippen molar-refractivity contribution in [2.45, 2.75) is 24.8 Å². The highest BCUT2D eigenvalue weighted by atomic mass is 32.2. The number of nitrogens with two attached hydrogens (primary N) is 1. The number of pyridine rings is 1. The molecule has 1 aliphatic rings. The summed E-state index contributed by atoms with van der Waals surface area (Å²) in [5, 5.41) is 13.6. The molecule has 174 valence electrons. The van der Waals surface area contributed by atoms with E-state index in [0.717, 1.165) is 11.4 Å². The zero-order chi connectivity index (χ0) is 23.6. The smallest absolute Gasteiger partial charge is 0.239 e. The Morgan fingerprint density at radius 1 is 1.27 bits per heavy atom. The average molecular weight is 489 g/mol. The Labute approximate surface area is 195 Å². The van der Waals surface area contributed by atoms with Crippen molar-refractivity contribution in [2.24, 2.45) is 5.14 Å². The van der Waals surface area contributed by atoms with E-state index in [1.54, 1.807) is 12.3 Å². The van der Waals surface area contributed by atoms with Gasteiger partial charge in [0, 0.05) is 30.2 Å². The lowest BCUT2D eigenvalue weighted by Gasteiger charge is -2.27. The van der Waals surface area contributed by atoms with E-state index >= 15 is 0 Å². The van der Waals surface area contributed by atoms with Crippen LogP contribution in [0.15, 0.2) is 46.8 Å². The lowest BCUT2D eigenvalue weighted by molar-refractivity contribution is -0.120. The van der Waals surface area contributed by atoms with Crippen molar-refractivity contribution in [1.29, 1.82) is 0 Å². The van der Waals surface area contributed by atoms with Crippen LogP contribution in [0.3, 0.4) is 0 Å². The summed E-state index contributed by atoms with van der Waals surface area (Å²) in [6, 6.07) is 8.18. The number of sulfonamides is 1. The Morgan fingerprint density at radius 3 is 2.76 bits per heavy atom. The molecule has 0 bridgehead atoms. The van der Waals surface area contributed by atoms with Crippen LogP contribution >= 0.6 is 11.3 Å². The largest absolute Gasteiger partial charge is 0.489 e. The van der Waals surface area contributed by atoms with E-state index in [1.807, 2.05) is 36.3 Å². The van der Waals surface area contributed by atoms with Gasteiger partial charge in [0.1, 0.15) is 11.6 Å². The maximum absolute atomic E-state index is 11.8. The van der Waals surface area contributed by atoms with Crippen LogP contribution in [-0.2, 0) is 14.8 Å². The summed E-state index contributed by atoms with van der Waals surface area (Å²) in [5.41, 5.74) is 1.99. The van der Waals surface area contributed by atoms with E-state index in [2.05, 4.69) is 20.6 Å². The molecule has 0 saturated carbocycles. The Bertz CT molecular complexity index is 1260. The predicted octanol–water partition coefficient (Wildman–Crippen LogP) is 2.32. The summed E-state index contributed by atoms with van der Waals surface area (Å²) >= 11 is 1.36. The molecule has 1 fully saturated rings. The van der Waals surface area contributed by atoms with Gasteiger partial charge >= 0.3 is 0 Å². The Hall–Kier alpha value is -3.22. The number of hydrogen-bond acceptors (Lipinski definition) is 9. The molecule has 3 aromatic rings. The van der Waals surface area contributed by atoms with Gasteiger partial charge in [-0.05, 0) is 44.2 Å². The fourth-order valence-electron chi connectivity index (χ4n) is 3.28. The molecule has 4 rings (SSSR count). The quantitative estimate of drug-likeness (QED) is 0.460. The van der Waals surface area contributed by atoms with E-state index in [0.29, 0.717) is 35.4 Å². The first-order chi connectivity index (χ1) is 15.7. The fraction of sp³-hybridized carbons (Fsp3) is 0.286. The fourth-order valence-corrected chi connectivity index (χ4v) is 4.55. The molecule has 12 heteroatoms. The maximum Gasteiger partial charge on any atom is 0.239 e. The minimum absolute atomic E-state index is 0.0188. The summed E-state index contributed by atoms with van der Waals surface area (Å²) in [7, 11) is -3.87. The average Bonchev–Trinajstić information content (AvgIpc) is 3.22. The molecule has 10 nitrogen and oxygen atoms in total. The van der Waals surface area contributed by atoms with E-state index in [4.69, 9.17) is 9.88 Å². The van der Waals surface area contributed by atoms with Gasteiger partial charge in [0.2, 0.25) is 15.9 Å². The number of ether oxygens (including phenoxy) is 1. The van der Waals surface area contributed by atoms with Crippen molar-refractivity contribution in [3.63, 3.8) is 0 Å². The predicted molar refractivity (Wildman–Crippen MR) is 127 cm³/mol. The highest BCUT2D eigenvalue weighted by Crippen LogP contribution is 2.33. The van der Waals surface area contributed by atoms with Crippen molar-refractivity contribution in [3.8, 4) is 17.0 Å². The van der Waals surface area contributed by atoms with Crippen LogP contribution in [-0.4, -0.2) is 50.0 Å². The topological polar surface area (TPSA) is 140 Å². The number of thiazole rings is 1.